The van der Waals surface area contributed by atoms with Crippen LogP contribution in [0.5, 0.6) is 0 Å². The van der Waals surface area contributed by atoms with Crippen LogP contribution in [0.4, 0.5) is 0 Å². The fraction of sp³-hybridized carbons (Fsp3) is 0.917. The van der Waals surface area contributed by atoms with E-state index in [1.807, 2.05) is 11.8 Å². The molecule has 1 N–H and O–H groups in total. The Hall–Kier alpha value is -0.570. The van der Waals surface area contributed by atoms with Gasteiger partial charge in [-0.1, -0.05) is 13.8 Å². The number of hydrogen-bond acceptors (Lipinski definition) is 2. The van der Waals surface area contributed by atoms with Gasteiger partial charge in [-0.25, -0.2) is 0 Å². The van der Waals surface area contributed by atoms with Crippen LogP contribution in [0.15, 0.2) is 0 Å². The minimum absolute atomic E-state index is 0.204. The highest BCUT2D eigenvalue weighted by Crippen LogP contribution is 2.39. The van der Waals surface area contributed by atoms with E-state index >= 15 is 0 Å². The molecule has 4 atom stereocenters. The second kappa shape index (κ2) is 3.48. The van der Waals surface area contributed by atoms with Crippen LogP contribution in [0, 0.1) is 11.8 Å². The Morgan fingerprint density at radius 2 is 2.13 bits per heavy atom. The lowest BCUT2D eigenvalue weighted by molar-refractivity contribution is -0.133. The van der Waals surface area contributed by atoms with Crippen LogP contribution >= 0.6 is 0 Å². The Bertz CT molecular complexity index is 279. The van der Waals surface area contributed by atoms with Crippen LogP contribution in [0.1, 0.15) is 40.5 Å². The number of nitrogens with zero attached hydrogens (tertiary/aromatic N) is 1. The number of nitrogens with one attached hydrogen (secondary N) is 1. The van der Waals surface area contributed by atoms with Crippen molar-refractivity contribution in [3.8, 4) is 0 Å². The van der Waals surface area contributed by atoms with Gasteiger partial charge in [0.25, 0.3) is 0 Å². The molecule has 0 aromatic heterocycles. The quantitative estimate of drug-likeness (QED) is 0.767. The topological polar surface area (TPSA) is 32.3 Å². The van der Waals surface area contributed by atoms with Gasteiger partial charge in [0.05, 0.1) is 11.7 Å². The van der Waals surface area contributed by atoms with E-state index < -0.39 is 0 Å². The third kappa shape index (κ3) is 1.78. The molecule has 1 aliphatic heterocycles. The zero-order chi connectivity index (χ0) is 11.2. The number of amides is 1. The number of rotatable bonds is 3. The van der Waals surface area contributed by atoms with Gasteiger partial charge in [0.2, 0.25) is 5.91 Å². The molecule has 3 heteroatoms. The van der Waals surface area contributed by atoms with Crippen molar-refractivity contribution in [2.45, 2.75) is 52.2 Å². The van der Waals surface area contributed by atoms with E-state index in [2.05, 4.69) is 26.1 Å². The molecule has 2 rings (SSSR count). The lowest BCUT2D eigenvalue weighted by atomic mass is 9.99. The molecule has 2 aliphatic rings. The van der Waals surface area contributed by atoms with Crippen molar-refractivity contribution in [1.82, 2.24) is 10.2 Å². The highest BCUT2D eigenvalue weighted by Gasteiger charge is 2.47. The molecule has 4 unspecified atom stereocenters. The summed E-state index contributed by atoms with van der Waals surface area (Å²) >= 11 is 0. The summed E-state index contributed by atoms with van der Waals surface area (Å²) in [6.45, 7) is 9.39. The molecule has 15 heavy (non-hydrogen) atoms. The standard InChI is InChI=1S/C12H22N2O/c1-5-12(4)11(15)14(9(3)13-12)7-10-6-8(10)2/h8-10,13H,5-7H2,1-4H3. The largest absolute Gasteiger partial charge is 0.326 e. The molecular formula is C12H22N2O. The van der Waals surface area contributed by atoms with Crippen LogP contribution in [0.25, 0.3) is 0 Å². The van der Waals surface area contributed by atoms with E-state index in [0.29, 0.717) is 0 Å². The van der Waals surface area contributed by atoms with Crippen molar-refractivity contribution in [2.75, 3.05) is 6.54 Å². The van der Waals surface area contributed by atoms with Gasteiger partial charge in [0.15, 0.2) is 0 Å². The zero-order valence-electron chi connectivity index (χ0n) is 10.2. The molecule has 2 fully saturated rings. The van der Waals surface area contributed by atoms with Crippen LogP contribution in [-0.4, -0.2) is 29.1 Å². The summed E-state index contributed by atoms with van der Waals surface area (Å²) in [5.41, 5.74) is -0.322. The maximum Gasteiger partial charge on any atom is 0.243 e. The summed E-state index contributed by atoms with van der Waals surface area (Å²) in [6.07, 6.45) is 2.36. The lowest BCUT2D eigenvalue weighted by Gasteiger charge is -2.21. The van der Waals surface area contributed by atoms with Gasteiger partial charge in [-0.2, -0.15) is 0 Å². The Labute approximate surface area is 92.2 Å². The first kappa shape index (κ1) is 10.9. The summed E-state index contributed by atoms with van der Waals surface area (Å²) in [6, 6.07) is 0. The van der Waals surface area contributed by atoms with Crippen LogP contribution < -0.4 is 5.32 Å². The summed E-state index contributed by atoms with van der Waals surface area (Å²) < 4.78 is 0. The Morgan fingerprint density at radius 3 is 2.53 bits per heavy atom. The zero-order valence-corrected chi connectivity index (χ0v) is 10.2. The second-order valence-electron chi connectivity index (χ2n) is 5.44. The highest BCUT2D eigenvalue weighted by molar-refractivity contribution is 5.88. The Morgan fingerprint density at radius 1 is 1.53 bits per heavy atom. The molecular weight excluding hydrogens is 188 g/mol. The highest BCUT2D eigenvalue weighted by atomic mass is 16.2. The van der Waals surface area contributed by atoms with E-state index in [1.165, 1.54) is 6.42 Å². The average Bonchev–Trinajstić information content (AvgIpc) is 2.83. The first-order chi connectivity index (χ1) is 6.98. The molecule has 86 valence electrons. The summed E-state index contributed by atoms with van der Waals surface area (Å²) in [5, 5.41) is 3.40. The minimum Gasteiger partial charge on any atom is -0.326 e. The average molecular weight is 210 g/mol. The van der Waals surface area contributed by atoms with Crippen molar-refractivity contribution in [2.24, 2.45) is 11.8 Å². The van der Waals surface area contributed by atoms with Gasteiger partial charge >= 0.3 is 0 Å². The van der Waals surface area contributed by atoms with Crippen LogP contribution in [-0.2, 0) is 4.79 Å². The third-order valence-electron chi connectivity index (χ3n) is 4.14. The molecule has 3 nitrogen and oxygen atoms in total. The van der Waals surface area contributed by atoms with Crippen molar-refractivity contribution in [3.63, 3.8) is 0 Å². The summed E-state index contributed by atoms with van der Waals surface area (Å²) in [5.74, 6) is 1.85. The Kier molecular flexibility index (Phi) is 2.53. The molecule has 0 aromatic carbocycles. The molecule has 0 radical (unpaired) electrons. The predicted octanol–water partition coefficient (Wildman–Crippen LogP) is 1.59. The van der Waals surface area contributed by atoms with Gasteiger partial charge in [-0.05, 0) is 38.5 Å². The maximum absolute atomic E-state index is 12.2. The van der Waals surface area contributed by atoms with Crippen molar-refractivity contribution >= 4 is 5.91 Å². The molecule has 1 aliphatic carbocycles. The fourth-order valence-corrected chi connectivity index (χ4v) is 2.49. The fourth-order valence-electron chi connectivity index (χ4n) is 2.49. The molecule has 0 spiro atoms. The smallest absolute Gasteiger partial charge is 0.243 e. The van der Waals surface area contributed by atoms with Crippen molar-refractivity contribution < 1.29 is 4.79 Å². The first-order valence-electron chi connectivity index (χ1n) is 6.06. The van der Waals surface area contributed by atoms with E-state index in [4.69, 9.17) is 0 Å². The third-order valence-corrected chi connectivity index (χ3v) is 4.14. The molecule has 0 bridgehead atoms. The summed E-state index contributed by atoms with van der Waals surface area (Å²) in [4.78, 5) is 14.2. The predicted molar refractivity (Wildman–Crippen MR) is 60.3 cm³/mol. The van der Waals surface area contributed by atoms with Gasteiger partial charge in [0.1, 0.15) is 0 Å². The van der Waals surface area contributed by atoms with E-state index in [9.17, 15) is 4.79 Å². The van der Waals surface area contributed by atoms with Gasteiger partial charge in [-0.15, -0.1) is 0 Å². The van der Waals surface area contributed by atoms with E-state index in [0.717, 1.165) is 24.8 Å². The number of carbonyl (C=O) groups excluding carboxylic acids is 1. The molecule has 1 saturated carbocycles. The minimum atomic E-state index is -0.322. The first-order valence-corrected chi connectivity index (χ1v) is 6.06. The molecule has 0 aromatic rings. The maximum atomic E-state index is 12.2. The second-order valence-corrected chi connectivity index (χ2v) is 5.44. The van der Waals surface area contributed by atoms with Gasteiger partial charge in [-0.3, -0.25) is 10.1 Å². The molecule has 1 heterocycles. The molecule has 1 amide bonds. The monoisotopic (exact) mass is 210 g/mol. The van der Waals surface area contributed by atoms with Gasteiger partial charge in [0, 0.05) is 6.54 Å². The Balaban J connectivity index is 2.03. The molecule has 1 saturated heterocycles. The SMILES string of the molecule is CCC1(C)NC(C)N(CC2CC2C)C1=O. The number of hydrogen-bond donors (Lipinski definition) is 1. The van der Waals surface area contributed by atoms with Crippen LogP contribution in [0.3, 0.4) is 0 Å². The normalized spacial score (nSPS) is 44.9. The van der Waals surface area contributed by atoms with Crippen LogP contribution in [0.2, 0.25) is 0 Å². The summed E-state index contributed by atoms with van der Waals surface area (Å²) in [7, 11) is 0. The van der Waals surface area contributed by atoms with Crippen molar-refractivity contribution in [1.29, 1.82) is 0 Å². The van der Waals surface area contributed by atoms with Crippen molar-refractivity contribution in [3.05, 3.63) is 0 Å². The number of carbonyl (C=O) groups is 1. The van der Waals surface area contributed by atoms with Gasteiger partial charge < -0.3 is 4.90 Å². The van der Waals surface area contributed by atoms with E-state index in [-0.39, 0.29) is 17.6 Å². The lowest BCUT2D eigenvalue weighted by Crippen LogP contribution is -2.43. The van der Waals surface area contributed by atoms with E-state index in [1.54, 1.807) is 0 Å².